The summed E-state index contributed by atoms with van der Waals surface area (Å²) < 4.78 is 37.3. The first-order valence-corrected chi connectivity index (χ1v) is 3.57. The van der Waals surface area contributed by atoms with Crippen LogP contribution in [0.15, 0.2) is 18.2 Å². The third-order valence-electron chi connectivity index (χ3n) is 1.62. The normalized spacial score (nSPS) is 10.1. The van der Waals surface area contributed by atoms with Gasteiger partial charge in [-0.05, 0) is 12.1 Å². The Balaban J connectivity index is 0.00000196. The zero-order chi connectivity index (χ0) is 10.8. The van der Waals surface area contributed by atoms with E-state index in [1.54, 1.807) is 0 Å². The van der Waals surface area contributed by atoms with Gasteiger partial charge < -0.3 is 5.43 Å². The van der Waals surface area contributed by atoms with E-state index in [9.17, 15) is 13.2 Å². The van der Waals surface area contributed by atoms with Crippen molar-refractivity contribution in [3.8, 4) is 6.07 Å². The number of nitrogen functional groups attached to an aromatic ring is 1. The first-order valence-electron chi connectivity index (χ1n) is 3.57. The van der Waals surface area contributed by atoms with E-state index >= 15 is 0 Å². The fourth-order valence-corrected chi connectivity index (χ4v) is 1.07. The van der Waals surface area contributed by atoms with Crippen molar-refractivity contribution in [2.75, 3.05) is 5.43 Å². The molecule has 0 radical (unpaired) electrons. The van der Waals surface area contributed by atoms with Gasteiger partial charge in [0.25, 0.3) is 0 Å². The maximum atomic E-state index is 12.4. The second-order valence-corrected chi connectivity index (χ2v) is 2.48. The molecule has 0 saturated heterocycles. The Kier molecular flexibility index (Phi) is 4.40. The molecule has 0 fully saturated rings. The summed E-state index contributed by atoms with van der Waals surface area (Å²) in [5.41, 5.74) is 0.109. The molecule has 0 aliphatic rings. The average molecular weight is 238 g/mol. The maximum Gasteiger partial charge on any atom is 0.419 e. The Morgan fingerprint density at radius 1 is 1.33 bits per heavy atom. The Hall–Kier alpha value is -1.45. The summed E-state index contributed by atoms with van der Waals surface area (Å²) >= 11 is 0. The van der Waals surface area contributed by atoms with Crippen molar-refractivity contribution in [1.29, 1.82) is 5.26 Å². The molecule has 82 valence electrons. The van der Waals surface area contributed by atoms with Crippen molar-refractivity contribution < 1.29 is 13.2 Å². The van der Waals surface area contributed by atoms with Gasteiger partial charge in [0, 0.05) is 0 Å². The molecular weight excluding hydrogens is 231 g/mol. The van der Waals surface area contributed by atoms with E-state index in [0.717, 1.165) is 12.1 Å². The number of alkyl halides is 3. The molecule has 0 atom stereocenters. The SMILES string of the molecule is Cl.N#Cc1cccc(NN)c1C(F)(F)F. The van der Waals surface area contributed by atoms with Gasteiger partial charge in [0.15, 0.2) is 0 Å². The number of nitriles is 1. The van der Waals surface area contributed by atoms with Crippen LogP contribution >= 0.6 is 12.4 Å². The summed E-state index contributed by atoms with van der Waals surface area (Å²) in [6, 6.07) is 5.03. The predicted octanol–water partition coefficient (Wildman–Crippen LogP) is 2.28. The van der Waals surface area contributed by atoms with Crippen LogP contribution in [0.25, 0.3) is 0 Å². The minimum absolute atomic E-state index is 0. The first kappa shape index (κ1) is 13.6. The smallest absolute Gasteiger partial charge is 0.323 e. The minimum Gasteiger partial charge on any atom is -0.323 e. The average Bonchev–Trinajstić information content (AvgIpc) is 2.15. The molecule has 0 aliphatic heterocycles. The molecule has 0 spiro atoms. The van der Waals surface area contributed by atoms with Crippen LogP contribution in [0.3, 0.4) is 0 Å². The molecule has 0 aromatic heterocycles. The number of anilines is 1. The lowest BCUT2D eigenvalue weighted by Crippen LogP contribution is -2.16. The molecule has 3 N–H and O–H groups in total. The van der Waals surface area contributed by atoms with Crippen LogP contribution < -0.4 is 11.3 Å². The van der Waals surface area contributed by atoms with Crippen LogP contribution in [0, 0.1) is 11.3 Å². The van der Waals surface area contributed by atoms with Gasteiger partial charge in [0.2, 0.25) is 0 Å². The van der Waals surface area contributed by atoms with Gasteiger partial charge in [-0.15, -0.1) is 12.4 Å². The lowest BCUT2D eigenvalue weighted by molar-refractivity contribution is -0.137. The Morgan fingerprint density at radius 3 is 2.33 bits per heavy atom. The lowest BCUT2D eigenvalue weighted by Gasteiger charge is -2.13. The van der Waals surface area contributed by atoms with E-state index in [0.29, 0.717) is 0 Å². The summed E-state index contributed by atoms with van der Waals surface area (Å²) in [5.74, 6) is 4.91. The van der Waals surface area contributed by atoms with E-state index in [2.05, 4.69) is 0 Å². The van der Waals surface area contributed by atoms with Crippen molar-refractivity contribution in [2.24, 2.45) is 5.84 Å². The van der Waals surface area contributed by atoms with Crippen molar-refractivity contribution >= 4 is 18.1 Å². The van der Waals surface area contributed by atoms with Crippen molar-refractivity contribution in [3.05, 3.63) is 29.3 Å². The minimum atomic E-state index is -4.59. The number of nitrogens with zero attached hydrogens (tertiary/aromatic N) is 1. The molecule has 0 saturated carbocycles. The van der Waals surface area contributed by atoms with Gasteiger partial charge in [-0.1, -0.05) is 6.07 Å². The second kappa shape index (κ2) is 4.87. The molecule has 0 unspecified atom stereocenters. The zero-order valence-electron chi connectivity index (χ0n) is 7.30. The van der Waals surface area contributed by atoms with Gasteiger partial charge in [-0.25, -0.2) is 0 Å². The Morgan fingerprint density at radius 2 is 1.93 bits per heavy atom. The fraction of sp³-hybridized carbons (Fsp3) is 0.125. The van der Waals surface area contributed by atoms with Crippen LogP contribution in [0.4, 0.5) is 18.9 Å². The highest BCUT2D eigenvalue weighted by atomic mass is 35.5. The number of hydrazine groups is 1. The van der Waals surface area contributed by atoms with E-state index < -0.39 is 17.3 Å². The topological polar surface area (TPSA) is 61.8 Å². The number of benzene rings is 1. The van der Waals surface area contributed by atoms with Gasteiger partial charge >= 0.3 is 6.18 Å². The zero-order valence-corrected chi connectivity index (χ0v) is 8.12. The molecule has 3 nitrogen and oxygen atoms in total. The van der Waals surface area contributed by atoms with E-state index in [1.165, 1.54) is 12.1 Å². The number of nitrogens with one attached hydrogen (secondary N) is 1. The summed E-state index contributed by atoms with van der Waals surface area (Å²) in [4.78, 5) is 0. The van der Waals surface area contributed by atoms with Gasteiger partial charge in [-0.3, -0.25) is 5.84 Å². The van der Waals surface area contributed by atoms with E-state index in [-0.39, 0.29) is 18.1 Å². The van der Waals surface area contributed by atoms with Crippen LogP contribution in [0.1, 0.15) is 11.1 Å². The summed E-state index contributed by atoms with van der Waals surface area (Å²) in [7, 11) is 0. The van der Waals surface area contributed by atoms with Crippen molar-refractivity contribution in [1.82, 2.24) is 0 Å². The molecule has 1 aromatic rings. The monoisotopic (exact) mass is 237 g/mol. The van der Waals surface area contributed by atoms with Gasteiger partial charge in [0.05, 0.1) is 22.9 Å². The third-order valence-corrected chi connectivity index (χ3v) is 1.62. The van der Waals surface area contributed by atoms with Gasteiger partial charge in [-0.2, -0.15) is 18.4 Å². The molecule has 0 aliphatic carbocycles. The van der Waals surface area contributed by atoms with Gasteiger partial charge in [0.1, 0.15) is 0 Å². The standard InChI is InChI=1S/C8H6F3N3.ClH/c9-8(10,11)7-5(4-12)2-1-3-6(7)14-13;/h1-3,14H,13H2;1H. The number of hydrogen-bond donors (Lipinski definition) is 2. The maximum absolute atomic E-state index is 12.4. The molecule has 1 aromatic carbocycles. The second-order valence-electron chi connectivity index (χ2n) is 2.48. The molecule has 15 heavy (non-hydrogen) atoms. The molecule has 0 amide bonds. The summed E-state index contributed by atoms with van der Waals surface area (Å²) in [6.45, 7) is 0. The molecule has 1 rings (SSSR count). The van der Waals surface area contributed by atoms with E-state index in [1.807, 2.05) is 5.43 Å². The number of halogens is 4. The first-order chi connectivity index (χ1) is 6.50. The molecule has 0 bridgehead atoms. The summed E-state index contributed by atoms with van der Waals surface area (Å²) in [6.07, 6.45) is -4.59. The number of rotatable bonds is 1. The highest BCUT2D eigenvalue weighted by Gasteiger charge is 2.36. The van der Waals surface area contributed by atoms with E-state index in [4.69, 9.17) is 11.1 Å². The van der Waals surface area contributed by atoms with Crippen LogP contribution in [0.5, 0.6) is 0 Å². The van der Waals surface area contributed by atoms with Crippen LogP contribution in [-0.4, -0.2) is 0 Å². The Labute approximate surface area is 90.1 Å². The quantitative estimate of drug-likeness (QED) is 0.582. The van der Waals surface area contributed by atoms with Crippen LogP contribution in [-0.2, 0) is 6.18 Å². The Bertz CT molecular complexity index is 384. The van der Waals surface area contributed by atoms with Crippen molar-refractivity contribution in [3.63, 3.8) is 0 Å². The third kappa shape index (κ3) is 2.75. The highest BCUT2D eigenvalue weighted by Crippen LogP contribution is 2.36. The van der Waals surface area contributed by atoms with Crippen LogP contribution in [0.2, 0.25) is 0 Å². The fourth-order valence-electron chi connectivity index (χ4n) is 1.07. The van der Waals surface area contributed by atoms with Crippen molar-refractivity contribution in [2.45, 2.75) is 6.18 Å². The molecule has 7 heteroatoms. The highest BCUT2D eigenvalue weighted by molar-refractivity contribution is 5.85. The molecular formula is C8H7ClF3N3. The largest absolute Gasteiger partial charge is 0.419 e. The number of nitrogens with two attached hydrogens (primary N) is 1. The lowest BCUT2D eigenvalue weighted by atomic mass is 10.1. The number of hydrogen-bond acceptors (Lipinski definition) is 3. The summed E-state index contributed by atoms with van der Waals surface area (Å²) in [5, 5.41) is 8.48. The predicted molar refractivity (Wildman–Crippen MR) is 51.2 cm³/mol. The molecule has 0 heterocycles.